The molecule has 0 saturated heterocycles. The molecule has 0 aliphatic rings. The van der Waals surface area contributed by atoms with Crippen LogP contribution in [0.2, 0.25) is 0 Å². The molecule has 0 unspecified atom stereocenters. The normalized spacial score (nSPS) is 7.67. The molecule has 0 aromatic rings. The van der Waals surface area contributed by atoms with Crippen molar-refractivity contribution >= 4 is 0 Å². The second-order valence-electron chi connectivity index (χ2n) is 1.53. The number of hydrogen-bond donors (Lipinski definition) is 1. The van der Waals surface area contributed by atoms with E-state index in [-0.39, 0.29) is 0 Å². The van der Waals surface area contributed by atoms with Crippen LogP contribution in [0.25, 0.3) is 0 Å². The third kappa shape index (κ3) is 1.70. The number of nitrogens with two attached hydrogens (primary N) is 1. The van der Waals surface area contributed by atoms with E-state index in [1.807, 2.05) is 13.8 Å². The summed E-state index contributed by atoms with van der Waals surface area (Å²) >= 11 is 0. The molecule has 0 heterocycles. The lowest BCUT2D eigenvalue weighted by Gasteiger charge is -2.11. The Morgan fingerprint density at radius 1 is 1.67 bits per heavy atom. The Morgan fingerprint density at radius 3 is 1.83 bits per heavy atom. The molecule has 0 saturated carbocycles. The third-order valence-corrected chi connectivity index (χ3v) is 0.642. The van der Waals surface area contributed by atoms with Crippen LogP contribution in [0.3, 0.4) is 0 Å². The van der Waals surface area contributed by atoms with E-state index >= 15 is 0 Å². The van der Waals surface area contributed by atoms with Crippen molar-refractivity contribution in [3.8, 4) is 0 Å². The van der Waals surface area contributed by atoms with Crippen LogP contribution in [0.5, 0.6) is 0 Å². The molecule has 0 radical (unpaired) electrons. The minimum atomic E-state index is 0.676. The highest BCUT2D eigenvalue weighted by molar-refractivity contribution is 5.10. The Balaban J connectivity index is 3.26. The Labute approximate surface area is 38.8 Å². The van der Waals surface area contributed by atoms with Gasteiger partial charge in [-0.15, -0.1) is 19.5 Å². The third-order valence-electron chi connectivity index (χ3n) is 0.642. The Hall–Kier alpha value is -0.590. The molecule has 6 heavy (non-hydrogen) atoms. The fourth-order valence-corrected chi connectivity index (χ4v) is 0. The highest BCUT2D eigenvalue weighted by Crippen LogP contribution is 1.99. The van der Waals surface area contributed by atoms with Crippen LogP contribution < -0.4 is 5.73 Å². The van der Waals surface area contributed by atoms with E-state index < -0.39 is 0 Å². The van der Waals surface area contributed by atoms with Crippen LogP contribution in [0.4, 0.5) is 0 Å². The molecule has 1 nitrogen and oxygen atoms in total. The second-order valence-corrected chi connectivity index (χ2v) is 1.53. The zero-order valence-electron chi connectivity index (χ0n) is 4.28. The van der Waals surface area contributed by atoms with Crippen LogP contribution in [-0.2, 0) is 0 Å². The summed E-state index contributed by atoms with van der Waals surface area (Å²) in [5.74, 6) is 1.09. The fraction of sp³-hybridized carbons (Fsp3) is 0.400. The lowest BCUT2D eigenvalue weighted by atomic mass is 10.2. The molecule has 0 spiro atoms. The molecule has 0 aliphatic heterocycles. The van der Waals surface area contributed by atoms with Crippen molar-refractivity contribution in [3.05, 3.63) is 18.2 Å². The van der Waals surface area contributed by atoms with Crippen molar-refractivity contribution in [2.24, 2.45) is 5.73 Å². The predicted octanol–water partition coefficient (Wildman–Crippen LogP) is 1.07. The predicted molar refractivity (Wildman–Crippen MR) is 27.9 cm³/mol. The summed E-state index contributed by atoms with van der Waals surface area (Å²) in [6.45, 7) is 7.36. The molecular formula is C5H10N-. The fourth-order valence-electron chi connectivity index (χ4n) is 0. The van der Waals surface area contributed by atoms with Crippen molar-refractivity contribution in [3.63, 3.8) is 0 Å². The van der Waals surface area contributed by atoms with Gasteiger partial charge in [-0.05, 0) is 0 Å². The smallest absolute Gasteiger partial charge is 0.109 e. The first-order valence-electron chi connectivity index (χ1n) is 1.89. The van der Waals surface area contributed by atoms with Gasteiger partial charge in [-0.3, -0.25) is 0 Å². The van der Waals surface area contributed by atoms with Crippen LogP contribution in [0.15, 0.2) is 12.3 Å². The van der Waals surface area contributed by atoms with E-state index in [0.29, 0.717) is 5.70 Å². The van der Waals surface area contributed by atoms with Crippen LogP contribution in [0.1, 0.15) is 13.8 Å². The molecule has 0 bridgehead atoms. The minimum absolute atomic E-state index is 0.676. The monoisotopic (exact) mass is 84.1 g/mol. The zero-order chi connectivity index (χ0) is 5.15. The number of rotatable bonds is 1. The quantitative estimate of drug-likeness (QED) is 0.472. The summed E-state index contributed by atoms with van der Waals surface area (Å²) in [5.41, 5.74) is 5.88. The summed E-state index contributed by atoms with van der Waals surface area (Å²) in [4.78, 5) is 0. The van der Waals surface area contributed by atoms with Gasteiger partial charge in [0.2, 0.25) is 0 Å². The van der Waals surface area contributed by atoms with E-state index in [4.69, 9.17) is 5.73 Å². The van der Waals surface area contributed by atoms with Gasteiger partial charge in [0.25, 0.3) is 0 Å². The van der Waals surface area contributed by atoms with Gasteiger partial charge in [-0.2, -0.15) is 0 Å². The first kappa shape index (κ1) is 5.41. The van der Waals surface area contributed by atoms with Crippen molar-refractivity contribution < 1.29 is 0 Å². The molecule has 1 heteroatoms. The lowest BCUT2D eigenvalue weighted by molar-refractivity contribution is 1.09. The Morgan fingerprint density at radius 2 is 1.83 bits per heavy atom. The Bertz CT molecular complexity index is 55.0. The summed E-state index contributed by atoms with van der Waals surface area (Å²) in [6, 6.07) is 0. The van der Waals surface area contributed by atoms with Gasteiger partial charge in [0.15, 0.2) is 0 Å². The van der Waals surface area contributed by atoms with E-state index in [2.05, 4.69) is 6.58 Å². The van der Waals surface area contributed by atoms with Crippen LogP contribution in [-0.4, -0.2) is 0 Å². The van der Waals surface area contributed by atoms with E-state index in [9.17, 15) is 0 Å². The molecule has 0 aliphatic carbocycles. The first-order chi connectivity index (χ1) is 2.64. The van der Waals surface area contributed by atoms with Crippen LogP contribution >= 0.6 is 0 Å². The maximum atomic E-state index is 5.20. The van der Waals surface area contributed by atoms with Gasteiger partial charge in [-0.25, -0.2) is 12.5 Å². The van der Waals surface area contributed by atoms with Gasteiger partial charge < -0.3 is 5.73 Å². The highest BCUT2D eigenvalue weighted by Gasteiger charge is 1.74. The molecule has 0 rings (SSSR count). The van der Waals surface area contributed by atoms with Gasteiger partial charge >= 0.3 is 0 Å². The van der Waals surface area contributed by atoms with Gasteiger partial charge in [0.05, 0.1) is 0 Å². The van der Waals surface area contributed by atoms with Gasteiger partial charge in [-0.1, -0.05) is 0 Å². The largest absolute Gasteiger partial charge is 0.431 e. The summed E-state index contributed by atoms with van der Waals surface area (Å²) in [5, 5.41) is 0. The molecular weight excluding hydrogens is 74.1 g/mol. The molecule has 2 N–H and O–H groups in total. The lowest BCUT2D eigenvalue weighted by Crippen LogP contribution is -1.99. The summed E-state index contributed by atoms with van der Waals surface area (Å²) in [7, 11) is 0. The summed E-state index contributed by atoms with van der Waals surface area (Å²) in [6.07, 6.45) is 0. The maximum absolute atomic E-state index is 5.20. The van der Waals surface area contributed by atoms with E-state index in [1.54, 1.807) is 0 Å². The number of hydrogen-bond acceptors (Lipinski definition) is 1. The zero-order valence-corrected chi connectivity index (χ0v) is 4.28. The maximum Gasteiger partial charge on any atom is -0.109 e. The topological polar surface area (TPSA) is 26.0 Å². The summed E-state index contributed by atoms with van der Waals surface area (Å²) < 4.78 is 0. The molecule has 36 valence electrons. The minimum Gasteiger partial charge on any atom is -0.431 e. The Kier molecular flexibility index (Phi) is 1.58. The second kappa shape index (κ2) is 1.75. The molecule has 0 aromatic carbocycles. The molecule has 0 aromatic heterocycles. The molecule has 0 fully saturated rings. The van der Waals surface area contributed by atoms with Crippen molar-refractivity contribution in [1.29, 1.82) is 0 Å². The average molecular weight is 84.1 g/mol. The van der Waals surface area contributed by atoms with Gasteiger partial charge in [0.1, 0.15) is 0 Å². The number of allylic oxidation sites excluding steroid dienone is 1. The van der Waals surface area contributed by atoms with Crippen molar-refractivity contribution in [2.75, 3.05) is 0 Å². The average Bonchev–Trinajstić information content (AvgIpc) is 1.36. The standard InChI is InChI=1S/C5H10N/c1-4(2)5(3)6/h3,6H2,1-2H3/q-1. The van der Waals surface area contributed by atoms with Crippen molar-refractivity contribution in [2.45, 2.75) is 13.8 Å². The van der Waals surface area contributed by atoms with Crippen molar-refractivity contribution in [1.82, 2.24) is 0 Å². The highest BCUT2D eigenvalue weighted by atomic mass is 14.6. The van der Waals surface area contributed by atoms with Crippen LogP contribution in [0, 0.1) is 5.92 Å². The SMILES string of the molecule is C=C(N)[C-](C)C. The van der Waals surface area contributed by atoms with E-state index in [1.165, 1.54) is 0 Å². The first-order valence-corrected chi connectivity index (χ1v) is 1.89. The van der Waals surface area contributed by atoms with E-state index in [0.717, 1.165) is 5.92 Å². The van der Waals surface area contributed by atoms with Gasteiger partial charge in [0, 0.05) is 0 Å². The molecule has 0 amide bonds. The molecule has 0 atom stereocenters.